The summed E-state index contributed by atoms with van der Waals surface area (Å²) in [6, 6.07) is 9.55. The van der Waals surface area contributed by atoms with E-state index in [1.165, 1.54) is 16.7 Å². The second-order valence-electron chi connectivity index (χ2n) is 7.68. The van der Waals surface area contributed by atoms with Crippen LogP contribution in [0, 0.1) is 0 Å². The van der Waals surface area contributed by atoms with Crippen molar-refractivity contribution < 1.29 is 22.7 Å². The average molecular weight is 422 g/mol. The van der Waals surface area contributed by atoms with Crippen LogP contribution in [-0.2, 0) is 4.74 Å². The SMILES string of the molecule is CC(C)(C)OC(=O)NC(CC(F)(F)F)c1nc2cccn2c(=O)n1-c1ccccc1. The number of para-hydroxylation sites is 1. The van der Waals surface area contributed by atoms with Gasteiger partial charge in [-0.2, -0.15) is 13.2 Å². The van der Waals surface area contributed by atoms with Crippen molar-refractivity contribution in [3.63, 3.8) is 0 Å². The smallest absolute Gasteiger partial charge is 0.408 e. The zero-order valence-electron chi connectivity index (χ0n) is 16.6. The first-order chi connectivity index (χ1) is 13.9. The van der Waals surface area contributed by atoms with Crippen molar-refractivity contribution in [2.75, 3.05) is 0 Å². The Kier molecular flexibility index (Phi) is 5.60. The standard InChI is InChI=1S/C20H21F3N4O3/c1-19(2,3)30-17(28)24-14(12-20(21,22)23)16-25-15-10-7-11-26(15)18(29)27(16)13-8-5-4-6-9-13/h4-11,14H,12H2,1-3H3,(H,24,28). The molecule has 0 aliphatic carbocycles. The van der Waals surface area contributed by atoms with Crippen molar-refractivity contribution in [1.82, 2.24) is 19.3 Å². The molecule has 2 aromatic heterocycles. The number of hydrogen-bond donors (Lipinski definition) is 1. The van der Waals surface area contributed by atoms with E-state index in [1.807, 2.05) is 0 Å². The molecule has 3 aromatic rings. The largest absolute Gasteiger partial charge is 0.444 e. The highest BCUT2D eigenvalue weighted by Crippen LogP contribution is 2.30. The fourth-order valence-electron chi connectivity index (χ4n) is 2.94. The summed E-state index contributed by atoms with van der Waals surface area (Å²) in [6.45, 7) is 4.78. The minimum absolute atomic E-state index is 0.167. The molecule has 1 atom stereocenters. The summed E-state index contributed by atoms with van der Waals surface area (Å²) in [5.74, 6) is -0.249. The molecule has 3 rings (SSSR count). The van der Waals surface area contributed by atoms with Crippen molar-refractivity contribution in [3.8, 4) is 5.69 Å². The molecule has 10 heteroatoms. The molecule has 1 aromatic carbocycles. The molecule has 30 heavy (non-hydrogen) atoms. The number of benzene rings is 1. The number of amides is 1. The molecule has 0 saturated carbocycles. The number of alkyl halides is 3. The van der Waals surface area contributed by atoms with Gasteiger partial charge in [0.25, 0.3) is 0 Å². The number of rotatable bonds is 4. The fourth-order valence-corrected chi connectivity index (χ4v) is 2.94. The van der Waals surface area contributed by atoms with Gasteiger partial charge >= 0.3 is 18.0 Å². The van der Waals surface area contributed by atoms with Crippen LogP contribution in [0.5, 0.6) is 0 Å². The van der Waals surface area contributed by atoms with Crippen molar-refractivity contribution in [2.24, 2.45) is 0 Å². The van der Waals surface area contributed by atoms with Crippen LogP contribution in [0.4, 0.5) is 18.0 Å². The quantitative estimate of drug-likeness (QED) is 0.689. The molecule has 1 unspecified atom stereocenters. The van der Waals surface area contributed by atoms with Crippen molar-refractivity contribution >= 4 is 11.7 Å². The molecule has 0 spiro atoms. The lowest BCUT2D eigenvalue weighted by molar-refractivity contribution is -0.140. The Morgan fingerprint density at radius 2 is 1.80 bits per heavy atom. The first kappa shape index (κ1) is 21.4. The first-order valence-electron chi connectivity index (χ1n) is 9.16. The Morgan fingerprint density at radius 3 is 2.40 bits per heavy atom. The van der Waals surface area contributed by atoms with Crippen LogP contribution in [0.2, 0.25) is 0 Å². The van der Waals surface area contributed by atoms with Crippen LogP contribution in [0.25, 0.3) is 11.3 Å². The van der Waals surface area contributed by atoms with E-state index in [-0.39, 0.29) is 11.5 Å². The Morgan fingerprint density at radius 1 is 1.13 bits per heavy atom. The summed E-state index contributed by atoms with van der Waals surface area (Å²) < 4.78 is 47.5. The molecule has 160 valence electrons. The number of nitrogens with zero attached hydrogens (tertiary/aromatic N) is 3. The minimum Gasteiger partial charge on any atom is -0.444 e. The predicted octanol–water partition coefficient (Wildman–Crippen LogP) is 4.00. The van der Waals surface area contributed by atoms with E-state index in [9.17, 15) is 22.8 Å². The van der Waals surface area contributed by atoms with Gasteiger partial charge in [-0.1, -0.05) is 18.2 Å². The lowest BCUT2D eigenvalue weighted by atomic mass is 10.1. The van der Waals surface area contributed by atoms with E-state index in [4.69, 9.17) is 4.74 Å². The minimum atomic E-state index is -4.63. The molecule has 0 aliphatic heterocycles. The van der Waals surface area contributed by atoms with Gasteiger partial charge in [0.1, 0.15) is 17.1 Å². The first-order valence-corrected chi connectivity index (χ1v) is 9.16. The number of hydrogen-bond acceptors (Lipinski definition) is 4. The highest BCUT2D eigenvalue weighted by molar-refractivity contribution is 5.68. The maximum Gasteiger partial charge on any atom is 0.408 e. The van der Waals surface area contributed by atoms with Gasteiger partial charge in [0.2, 0.25) is 0 Å². The lowest BCUT2D eigenvalue weighted by Crippen LogP contribution is -2.40. The number of aromatic nitrogens is 3. The van der Waals surface area contributed by atoms with E-state index < -0.39 is 36.0 Å². The van der Waals surface area contributed by atoms with Gasteiger partial charge in [-0.25, -0.2) is 19.1 Å². The number of fused-ring (bicyclic) bond motifs is 1. The van der Waals surface area contributed by atoms with Crippen molar-refractivity contribution in [3.05, 3.63) is 65.0 Å². The Labute approximate surface area is 170 Å². The van der Waals surface area contributed by atoms with E-state index in [0.717, 1.165) is 4.57 Å². The van der Waals surface area contributed by atoms with E-state index in [0.29, 0.717) is 5.69 Å². The van der Waals surface area contributed by atoms with Crippen molar-refractivity contribution in [2.45, 2.75) is 45.0 Å². The maximum atomic E-state index is 13.4. The lowest BCUT2D eigenvalue weighted by Gasteiger charge is -2.25. The Balaban J connectivity index is 2.17. The maximum absolute atomic E-state index is 13.4. The van der Waals surface area contributed by atoms with Crippen LogP contribution in [0.3, 0.4) is 0 Å². The van der Waals surface area contributed by atoms with Gasteiger partial charge in [-0.3, -0.25) is 4.40 Å². The molecule has 2 heterocycles. The molecular weight excluding hydrogens is 401 g/mol. The highest BCUT2D eigenvalue weighted by Gasteiger charge is 2.37. The number of alkyl carbamates (subject to hydrolysis) is 1. The summed E-state index contributed by atoms with van der Waals surface area (Å²) in [4.78, 5) is 29.6. The van der Waals surface area contributed by atoms with Crippen LogP contribution >= 0.6 is 0 Å². The second-order valence-corrected chi connectivity index (χ2v) is 7.68. The van der Waals surface area contributed by atoms with Crippen LogP contribution in [0.1, 0.15) is 39.1 Å². The number of halogens is 3. The van der Waals surface area contributed by atoms with Gasteiger partial charge in [-0.15, -0.1) is 0 Å². The summed E-state index contributed by atoms with van der Waals surface area (Å²) in [7, 11) is 0. The van der Waals surface area contributed by atoms with E-state index in [1.54, 1.807) is 57.2 Å². The van der Waals surface area contributed by atoms with Gasteiger partial charge < -0.3 is 10.1 Å². The zero-order valence-corrected chi connectivity index (χ0v) is 16.6. The van der Waals surface area contributed by atoms with Gasteiger partial charge in [-0.05, 0) is 45.0 Å². The fraction of sp³-hybridized carbons (Fsp3) is 0.350. The number of carbonyl (C=O) groups is 1. The Hall–Kier alpha value is -3.30. The average Bonchev–Trinajstić information content (AvgIpc) is 3.08. The van der Waals surface area contributed by atoms with Gasteiger partial charge in [0.05, 0.1) is 18.2 Å². The van der Waals surface area contributed by atoms with Crippen molar-refractivity contribution in [1.29, 1.82) is 0 Å². The number of ether oxygens (including phenoxy) is 1. The number of carbonyl (C=O) groups excluding carboxylic acids is 1. The number of nitrogens with one attached hydrogen (secondary N) is 1. The summed E-state index contributed by atoms with van der Waals surface area (Å²) >= 11 is 0. The van der Waals surface area contributed by atoms with E-state index >= 15 is 0 Å². The molecule has 0 aliphatic rings. The molecule has 0 fully saturated rings. The summed E-state index contributed by atoms with van der Waals surface area (Å²) in [6.07, 6.45) is -5.63. The summed E-state index contributed by atoms with van der Waals surface area (Å²) in [5, 5.41) is 2.23. The topological polar surface area (TPSA) is 77.6 Å². The van der Waals surface area contributed by atoms with E-state index in [2.05, 4.69) is 10.3 Å². The molecule has 1 N–H and O–H groups in total. The van der Waals surface area contributed by atoms with Gasteiger partial charge in [0.15, 0.2) is 0 Å². The van der Waals surface area contributed by atoms with Crippen LogP contribution in [0.15, 0.2) is 53.5 Å². The molecular formula is C20H21F3N4O3. The molecule has 0 bridgehead atoms. The molecule has 7 nitrogen and oxygen atoms in total. The third-order valence-electron chi connectivity index (χ3n) is 4.04. The second kappa shape index (κ2) is 7.85. The normalized spacial score (nSPS) is 13.3. The van der Waals surface area contributed by atoms with Gasteiger partial charge in [0, 0.05) is 6.20 Å². The third kappa shape index (κ3) is 5.00. The Bertz CT molecular complexity index is 1100. The molecule has 0 radical (unpaired) electrons. The predicted molar refractivity (Wildman–Crippen MR) is 104 cm³/mol. The summed E-state index contributed by atoms with van der Waals surface area (Å²) in [5.41, 5.74) is -1.03. The molecule has 1 amide bonds. The zero-order chi connectivity index (χ0) is 22.1. The monoisotopic (exact) mass is 422 g/mol. The van der Waals surface area contributed by atoms with Crippen LogP contribution in [-0.4, -0.2) is 31.8 Å². The highest BCUT2D eigenvalue weighted by atomic mass is 19.4. The molecule has 0 saturated heterocycles. The van der Waals surface area contributed by atoms with Crippen LogP contribution < -0.4 is 11.0 Å². The third-order valence-corrected chi connectivity index (χ3v) is 4.04.